The number of esters is 1. The third-order valence-corrected chi connectivity index (χ3v) is 3.08. The van der Waals surface area contributed by atoms with E-state index in [1.807, 2.05) is 0 Å². The number of nitrogens with zero attached hydrogens (tertiary/aromatic N) is 1. The molecule has 0 aliphatic heterocycles. The van der Waals surface area contributed by atoms with E-state index in [-0.39, 0.29) is 18.4 Å². The minimum atomic E-state index is -1.74. The van der Waals surface area contributed by atoms with Gasteiger partial charge in [-0.1, -0.05) is 0 Å². The first-order valence-corrected chi connectivity index (χ1v) is 7.57. The fraction of sp³-hybridized carbons (Fsp3) is 0.438. The Morgan fingerprint density at radius 2 is 2.08 bits per heavy atom. The molecule has 25 heavy (non-hydrogen) atoms. The van der Waals surface area contributed by atoms with Gasteiger partial charge in [0.05, 0.1) is 18.5 Å². The highest BCUT2D eigenvalue weighted by molar-refractivity contribution is 6.26. The van der Waals surface area contributed by atoms with Crippen LogP contribution >= 0.6 is 0 Å². The normalized spacial score (nSPS) is 13.0. The third kappa shape index (κ3) is 6.76. The molecule has 8 nitrogen and oxygen atoms in total. The molecule has 0 saturated carbocycles. The molecule has 1 aromatic rings. The van der Waals surface area contributed by atoms with Gasteiger partial charge in [-0.15, -0.1) is 0 Å². The number of aliphatic hydroxyl groups is 1. The summed E-state index contributed by atoms with van der Waals surface area (Å²) in [6.07, 6.45) is 0.213. The number of hydrogen-bond donors (Lipinski definition) is 3. The van der Waals surface area contributed by atoms with Gasteiger partial charge in [0.15, 0.2) is 11.9 Å². The van der Waals surface area contributed by atoms with Crippen molar-refractivity contribution in [2.45, 2.75) is 44.9 Å². The Balaban J connectivity index is 2.83. The Hall–Kier alpha value is -2.68. The molecule has 0 aromatic carbocycles. The minimum absolute atomic E-state index is 0.0796. The third-order valence-electron chi connectivity index (χ3n) is 3.08. The summed E-state index contributed by atoms with van der Waals surface area (Å²) in [4.78, 5) is 38.9. The van der Waals surface area contributed by atoms with Crippen LogP contribution in [-0.4, -0.2) is 46.1 Å². The molecular formula is C16H20FN3O5. The zero-order valence-electron chi connectivity index (χ0n) is 13.9. The lowest BCUT2D eigenvalue weighted by atomic mass is 10.1. The molecular weight excluding hydrogens is 333 g/mol. The molecule has 1 heterocycles. The number of aromatic nitrogens is 1. The van der Waals surface area contributed by atoms with Gasteiger partial charge in [0.25, 0.3) is 5.91 Å². The Bertz CT molecular complexity index is 650. The van der Waals surface area contributed by atoms with E-state index in [4.69, 9.17) is 10.1 Å². The number of carbonyl (C=O) groups is 3. The van der Waals surface area contributed by atoms with Crippen LogP contribution in [0.3, 0.4) is 0 Å². The van der Waals surface area contributed by atoms with Gasteiger partial charge in [0.2, 0.25) is 0 Å². The Morgan fingerprint density at radius 3 is 2.64 bits per heavy atom. The number of amides is 1. The lowest BCUT2D eigenvalue weighted by molar-refractivity contribution is -0.152. The van der Waals surface area contributed by atoms with Crippen molar-refractivity contribution in [3.05, 3.63) is 29.8 Å². The van der Waals surface area contributed by atoms with Gasteiger partial charge in [-0.05, 0) is 26.3 Å². The van der Waals surface area contributed by atoms with Crippen LogP contribution in [0.25, 0.3) is 0 Å². The maximum absolute atomic E-state index is 13.1. The molecule has 1 aromatic heterocycles. The predicted molar refractivity (Wildman–Crippen MR) is 85.3 cm³/mol. The van der Waals surface area contributed by atoms with E-state index in [2.05, 4.69) is 10.3 Å². The Labute approximate surface area is 143 Å². The molecule has 2 atom stereocenters. The first-order valence-electron chi connectivity index (χ1n) is 7.57. The number of pyridine rings is 1. The zero-order chi connectivity index (χ0) is 19.0. The standard InChI is InChI=1S/C16H20FN3O5/c1-9(2)25-16(24)13(4-3-12(21)6-18)20-15(23)14(22)10-5-11(17)8-19-7-10/h5-9,13-14,18,22H,3-4H2,1-2H3,(H,20,23)/t13-,14-/m0/s1. The quantitative estimate of drug-likeness (QED) is 0.442. The second-order valence-corrected chi connectivity index (χ2v) is 5.54. The number of Topliss-reactive ketones (excluding diaryl/α,β-unsaturated/α-hetero) is 1. The molecule has 0 fully saturated rings. The highest BCUT2D eigenvalue weighted by Gasteiger charge is 2.27. The minimum Gasteiger partial charge on any atom is -0.461 e. The van der Waals surface area contributed by atoms with E-state index >= 15 is 0 Å². The summed E-state index contributed by atoms with van der Waals surface area (Å²) in [7, 11) is 0. The highest BCUT2D eigenvalue weighted by Crippen LogP contribution is 2.14. The fourth-order valence-electron chi connectivity index (χ4n) is 1.90. The lowest BCUT2D eigenvalue weighted by Gasteiger charge is -2.20. The van der Waals surface area contributed by atoms with Crippen molar-refractivity contribution < 1.29 is 28.6 Å². The number of aliphatic hydroxyl groups excluding tert-OH is 1. The number of ether oxygens (including phenoxy) is 1. The zero-order valence-corrected chi connectivity index (χ0v) is 13.9. The summed E-state index contributed by atoms with van der Waals surface area (Å²) < 4.78 is 18.1. The van der Waals surface area contributed by atoms with Gasteiger partial charge < -0.3 is 20.6 Å². The van der Waals surface area contributed by atoms with Gasteiger partial charge in [0, 0.05) is 18.2 Å². The van der Waals surface area contributed by atoms with Crippen LogP contribution in [0.15, 0.2) is 18.5 Å². The number of nitrogens with one attached hydrogen (secondary N) is 2. The summed E-state index contributed by atoms with van der Waals surface area (Å²) >= 11 is 0. The lowest BCUT2D eigenvalue weighted by Crippen LogP contribution is -2.44. The van der Waals surface area contributed by atoms with E-state index in [1.54, 1.807) is 13.8 Å². The van der Waals surface area contributed by atoms with Crippen molar-refractivity contribution in [2.75, 3.05) is 0 Å². The number of carbonyl (C=O) groups excluding carboxylic acids is 3. The van der Waals surface area contributed by atoms with E-state index in [1.165, 1.54) is 0 Å². The smallest absolute Gasteiger partial charge is 0.328 e. The number of rotatable bonds is 9. The van der Waals surface area contributed by atoms with Crippen molar-refractivity contribution in [1.29, 1.82) is 5.41 Å². The summed E-state index contributed by atoms with van der Waals surface area (Å²) in [5.74, 6) is -2.98. The number of ketones is 1. The molecule has 0 spiro atoms. The second-order valence-electron chi connectivity index (χ2n) is 5.54. The molecule has 0 radical (unpaired) electrons. The maximum Gasteiger partial charge on any atom is 0.328 e. The molecule has 1 amide bonds. The van der Waals surface area contributed by atoms with Gasteiger partial charge in [-0.2, -0.15) is 0 Å². The van der Waals surface area contributed by atoms with Gasteiger partial charge >= 0.3 is 5.97 Å². The van der Waals surface area contributed by atoms with E-state index in [0.717, 1.165) is 18.5 Å². The van der Waals surface area contributed by atoms with Crippen LogP contribution < -0.4 is 5.32 Å². The average Bonchev–Trinajstić information content (AvgIpc) is 2.56. The molecule has 9 heteroatoms. The van der Waals surface area contributed by atoms with E-state index in [0.29, 0.717) is 6.21 Å². The van der Waals surface area contributed by atoms with Gasteiger partial charge in [-0.25, -0.2) is 9.18 Å². The maximum atomic E-state index is 13.1. The summed E-state index contributed by atoms with van der Waals surface area (Å²) in [6, 6.07) is -0.243. The molecule has 1 rings (SSSR count). The molecule has 0 unspecified atom stereocenters. The molecule has 0 aliphatic rings. The molecule has 3 N–H and O–H groups in total. The van der Waals surface area contributed by atoms with Crippen molar-refractivity contribution >= 4 is 23.9 Å². The molecule has 0 saturated heterocycles. The second kappa shape index (κ2) is 9.58. The van der Waals surface area contributed by atoms with E-state index in [9.17, 15) is 23.9 Å². The summed E-state index contributed by atoms with van der Waals surface area (Å²) in [5, 5.41) is 19.1. The topological polar surface area (TPSA) is 129 Å². The largest absolute Gasteiger partial charge is 0.461 e. The highest BCUT2D eigenvalue weighted by atomic mass is 19.1. The van der Waals surface area contributed by atoms with Crippen LogP contribution in [0.1, 0.15) is 38.4 Å². The van der Waals surface area contributed by atoms with Crippen LogP contribution in [0, 0.1) is 11.2 Å². The number of hydrogen-bond acceptors (Lipinski definition) is 7. The van der Waals surface area contributed by atoms with Gasteiger partial charge in [-0.3, -0.25) is 14.6 Å². The fourth-order valence-corrected chi connectivity index (χ4v) is 1.90. The van der Waals surface area contributed by atoms with Crippen molar-refractivity contribution in [3.63, 3.8) is 0 Å². The molecule has 0 aliphatic carbocycles. The Morgan fingerprint density at radius 1 is 1.40 bits per heavy atom. The van der Waals surface area contributed by atoms with Crippen LogP contribution in [-0.2, 0) is 19.1 Å². The molecule has 0 bridgehead atoms. The van der Waals surface area contributed by atoms with Crippen molar-refractivity contribution in [1.82, 2.24) is 10.3 Å². The Kier molecular flexibility index (Phi) is 7.80. The first-order chi connectivity index (χ1) is 11.7. The predicted octanol–water partition coefficient (Wildman–Crippen LogP) is 0.689. The van der Waals surface area contributed by atoms with E-state index < -0.39 is 41.7 Å². The SMILES string of the molecule is CC(C)OC(=O)[C@H](CCC(=O)C=N)NC(=O)[C@@H](O)c1cncc(F)c1. The van der Waals surface area contributed by atoms with Crippen LogP contribution in [0.2, 0.25) is 0 Å². The summed E-state index contributed by atoms with van der Waals surface area (Å²) in [5.41, 5.74) is -0.0796. The van der Waals surface area contributed by atoms with Crippen molar-refractivity contribution in [2.24, 2.45) is 0 Å². The van der Waals surface area contributed by atoms with Crippen molar-refractivity contribution in [3.8, 4) is 0 Å². The summed E-state index contributed by atoms with van der Waals surface area (Å²) in [6.45, 7) is 3.24. The number of halogens is 1. The monoisotopic (exact) mass is 353 g/mol. The average molecular weight is 353 g/mol. The van der Waals surface area contributed by atoms with Gasteiger partial charge in [0.1, 0.15) is 11.9 Å². The van der Waals surface area contributed by atoms with Crippen LogP contribution in [0.4, 0.5) is 4.39 Å². The first kappa shape index (κ1) is 20.4. The molecule has 136 valence electrons. The van der Waals surface area contributed by atoms with Crippen LogP contribution in [0.5, 0.6) is 0 Å².